The summed E-state index contributed by atoms with van der Waals surface area (Å²) >= 11 is 1.20. The second kappa shape index (κ2) is 7.43. The molecule has 8 heteroatoms. The van der Waals surface area contributed by atoms with E-state index in [1.54, 1.807) is 4.68 Å². The lowest BCUT2D eigenvalue weighted by Gasteiger charge is -2.06. The van der Waals surface area contributed by atoms with Crippen LogP contribution in [0.1, 0.15) is 15.9 Å². The van der Waals surface area contributed by atoms with Crippen molar-refractivity contribution in [3.63, 3.8) is 0 Å². The minimum absolute atomic E-state index is 0.0952. The largest absolute Gasteiger partial charge is 0.494 e. The highest BCUT2D eigenvalue weighted by atomic mass is 32.2. The number of rotatable bonds is 6. The molecule has 0 saturated carbocycles. The fraction of sp³-hybridized carbons (Fsp3) is 0.176. The molecule has 6 nitrogen and oxygen atoms in total. The summed E-state index contributed by atoms with van der Waals surface area (Å²) in [7, 11) is 1.38. The number of halogens is 1. The third-order valence-corrected chi connectivity index (χ3v) is 4.44. The molecular formula is C17H15FN4O2S. The van der Waals surface area contributed by atoms with Gasteiger partial charge in [0.2, 0.25) is 5.16 Å². The van der Waals surface area contributed by atoms with Gasteiger partial charge in [0.05, 0.1) is 18.6 Å². The Kier molecular flexibility index (Phi) is 5.08. The van der Waals surface area contributed by atoms with Crippen LogP contribution in [0.5, 0.6) is 5.75 Å². The lowest BCUT2D eigenvalue weighted by atomic mass is 10.1. The Balaban J connectivity index is 1.72. The van der Waals surface area contributed by atoms with Gasteiger partial charge in [-0.1, -0.05) is 29.5 Å². The maximum atomic E-state index is 13.7. The van der Waals surface area contributed by atoms with Crippen LogP contribution in [0.25, 0.3) is 5.69 Å². The Morgan fingerprint density at radius 2 is 2.00 bits per heavy atom. The van der Waals surface area contributed by atoms with Crippen molar-refractivity contribution < 1.29 is 13.9 Å². The summed E-state index contributed by atoms with van der Waals surface area (Å²) < 4.78 is 20.1. The highest BCUT2D eigenvalue weighted by Gasteiger charge is 2.14. The van der Waals surface area contributed by atoms with Gasteiger partial charge in [0.1, 0.15) is 0 Å². The Bertz CT molecular complexity index is 896. The van der Waals surface area contributed by atoms with E-state index in [4.69, 9.17) is 4.74 Å². The van der Waals surface area contributed by atoms with E-state index in [-0.39, 0.29) is 22.8 Å². The van der Waals surface area contributed by atoms with Gasteiger partial charge < -0.3 is 4.74 Å². The number of hydrogen-bond donors (Lipinski definition) is 0. The van der Waals surface area contributed by atoms with Gasteiger partial charge in [-0.15, -0.1) is 5.10 Å². The van der Waals surface area contributed by atoms with E-state index < -0.39 is 5.82 Å². The van der Waals surface area contributed by atoms with Gasteiger partial charge in [-0.25, -0.2) is 4.39 Å². The molecule has 0 atom stereocenters. The zero-order valence-electron chi connectivity index (χ0n) is 13.6. The summed E-state index contributed by atoms with van der Waals surface area (Å²) in [6.45, 7) is 1.99. The second-order valence-electron chi connectivity index (χ2n) is 5.27. The zero-order valence-corrected chi connectivity index (χ0v) is 14.5. The first-order valence-corrected chi connectivity index (χ1v) is 8.42. The van der Waals surface area contributed by atoms with Crippen LogP contribution in [-0.4, -0.2) is 38.9 Å². The van der Waals surface area contributed by atoms with Crippen LogP contribution in [0.15, 0.2) is 47.6 Å². The molecule has 1 aromatic heterocycles. The fourth-order valence-corrected chi connectivity index (χ4v) is 2.96. The first kappa shape index (κ1) is 17.1. The third-order valence-electron chi connectivity index (χ3n) is 3.53. The Morgan fingerprint density at radius 3 is 2.68 bits per heavy atom. The van der Waals surface area contributed by atoms with Gasteiger partial charge in [-0.05, 0) is 47.7 Å². The number of Topliss-reactive ketones (excluding diaryl/α,β-unsaturated/α-hetero) is 1. The second-order valence-corrected chi connectivity index (χ2v) is 6.21. The summed E-state index contributed by atoms with van der Waals surface area (Å²) in [4.78, 5) is 12.3. The number of ether oxygens (including phenoxy) is 1. The molecule has 0 aliphatic carbocycles. The molecule has 0 spiro atoms. The van der Waals surface area contributed by atoms with Gasteiger partial charge in [-0.3, -0.25) is 4.79 Å². The molecule has 0 aliphatic heterocycles. The number of ketones is 1. The van der Waals surface area contributed by atoms with Gasteiger partial charge >= 0.3 is 0 Å². The SMILES string of the molecule is COc1ccc(C(=O)CSc2nnnn2-c2ccc(C)cc2)cc1F. The average Bonchev–Trinajstić information content (AvgIpc) is 3.08. The Labute approximate surface area is 148 Å². The quantitative estimate of drug-likeness (QED) is 0.498. The number of tetrazole rings is 1. The number of hydrogen-bond acceptors (Lipinski definition) is 6. The standard InChI is InChI=1S/C17H15FN4O2S/c1-11-3-6-13(7-4-11)22-17(19-20-21-22)25-10-15(23)12-5-8-16(24-2)14(18)9-12/h3-9H,10H2,1-2H3. The van der Waals surface area contributed by atoms with E-state index in [1.807, 2.05) is 31.2 Å². The van der Waals surface area contributed by atoms with Crippen molar-refractivity contribution in [1.82, 2.24) is 20.2 Å². The third kappa shape index (κ3) is 3.85. The van der Waals surface area contributed by atoms with Crippen molar-refractivity contribution in [2.24, 2.45) is 0 Å². The van der Waals surface area contributed by atoms with Crippen molar-refractivity contribution >= 4 is 17.5 Å². The number of thioether (sulfide) groups is 1. The van der Waals surface area contributed by atoms with Crippen molar-refractivity contribution in [3.05, 3.63) is 59.4 Å². The van der Waals surface area contributed by atoms with Crippen LogP contribution in [0.4, 0.5) is 4.39 Å². The number of carbonyl (C=O) groups excluding carboxylic acids is 1. The van der Waals surface area contributed by atoms with Gasteiger partial charge in [-0.2, -0.15) is 4.68 Å². The van der Waals surface area contributed by atoms with Crippen molar-refractivity contribution in [2.45, 2.75) is 12.1 Å². The number of nitrogens with zero attached hydrogens (tertiary/aromatic N) is 4. The molecule has 0 fully saturated rings. The maximum Gasteiger partial charge on any atom is 0.214 e. The topological polar surface area (TPSA) is 69.9 Å². The Hall–Kier alpha value is -2.74. The first-order valence-electron chi connectivity index (χ1n) is 7.43. The summed E-state index contributed by atoms with van der Waals surface area (Å²) in [5, 5.41) is 12.0. The summed E-state index contributed by atoms with van der Waals surface area (Å²) in [6, 6.07) is 11.8. The van der Waals surface area contributed by atoms with Crippen LogP contribution < -0.4 is 4.74 Å². The van der Waals surface area contributed by atoms with Gasteiger partial charge in [0.25, 0.3) is 0 Å². The molecule has 0 aliphatic rings. The lowest BCUT2D eigenvalue weighted by molar-refractivity contribution is 0.102. The minimum Gasteiger partial charge on any atom is -0.494 e. The maximum absolute atomic E-state index is 13.7. The summed E-state index contributed by atoms with van der Waals surface area (Å²) in [5.74, 6) is -0.585. The number of aryl methyl sites for hydroxylation is 1. The van der Waals surface area contributed by atoms with Crippen molar-refractivity contribution in [1.29, 1.82) is 0 Å². The van der Waals surface area contributed by atoms with E-state index in [9.17, 15) is 9.18 Å². The molecule has 128 valence electrons. The average molecular weight is 358 g/mol. The van der Waals surface area contributed by atoms with E-state index in [0.29, 0.717) is 5.16 Å². The van der Waals surface area contributed by atoms with Crippen molar-refractivity contribution in [2.75, 3.05) is 12.9 Å². The number of carbonyl (C=O) groups is 1. The smallest absolute Gasteiger partial charge is 0.214 e. The van der Waals surface area contributed by atoms with E-state index >= 15 is 0 Å². The number of aromatic nitrogens is 4. The van der Waals surface area contributed by atoms with E-state index in [1.165, 1.54) is 37.1 Å². The number of benzene rings is 2. The molecule has 3 rings (SSSR count). The molecule has 3 aromatic rings. The zero-order chi connectivity index (χ0) is 17.8. The molecule has 0 saturated heterocycles. The van der Waals surface area contributed by atoms with Crippen LogP contribution in [0.2, 0.25) is 0 Å². The molecular weight excluding hydrogens is 343 g/mol. The van der Waals surface area contributed by atoms with E-state index in [0.717, 1.165) is 11.3 Å². The van der Waals surface area contributed by atoms with Gasteiger partial charge in [0.15, 0.2) is 17.3 Å². The Morgan fingerprint density at radius 1 is 1.24 bits per heavy atom. The van der Waals surface area contributed by atoms with E-state index in [2.05, 4.69) is 15.5 Å². The van der Waals surface area contributed by atoms with Crippen LogP contribution in [0, 0.1) is 12.7 Å². The highest BCUT2D eigenvalue weighted by molar-refractivity contribution is 7.99. The molecule has 2 aromatic carbocycles. The molecule has 25 heavy (non-hydrogen) atoms. The normalized spacial score (nSPS) is 10.7. The molecule has 0 unspecified atom stereocenters. The monoisotopic (exact) mass is 358 g/mol. The molecule has 0 bridgehead atoms. The minimum atomic E-state index is -0.567. The molecule has 1 heterocycles. The van der Waals surface area contributed by atoms with Crippen molar-refractivity contribution in [3.8, 4) is 11.4 Å². The van der Waals surface area contributed by atoms with Crippen LogP contribution in [0.3, 0.4) is 0 Å². The first-order chi connectivity index (χ1) is 12.1. The highest BCUT2D eigenvalue weighted by Crippen LogP contribution is 2.22. The summed E-state index contributed by atoms with van der Waals surface area (Å²) in [6.07, 6.45) is 0. The van der Waals surface area contributed by atoms with Crippen LogP contribution >= 0.6 is 11.8 Å². The van der Waals surface area contributed by atoms with Gasteiger partial charge in [0, 0.05) is 5.56 Å². The predicted molar refractivity (Wildman–Crippen MR) is 91.9 cm³/mol. The number of methoxy groups -OCH3 is 1. The molecule has 0 N–H and O–H groups in total. The molecule has 0 radical (unpaired) electrons. The lowest BCUT2D eigenvalue weighted by Crippen LogP contribution is -2.05. The van der Waals surface area contributed by atoms with Crippen LogP contribution in [-0.2, 0) is 0 Å². The fourth-order valence-electron chi connectivity index (χ4n) is 2.17. The molecule has 0 amide bonds. The summed E-state index contributed by atoms with van der Waals surface area (Å²) in [5.41, 5.74) is 2.21. The predicted octanol–water partition coefficient (Wildman–Crippen LogP) is 3.09.